The maximum Gasteiger partial charge on any atom is 0.328 e. The van der Waals surface area contributed by atoms with Gasteiger partial charge in [0.15, 0.2) is 0 Å². The molecule has 2 rings (SSSR count). The summed E-state index contributed by atoms with van der Waals surface area (Å²) in [6.45, 7) is 13.2. The van der Waals surface area contributed by atoms with E-state index in [1.54, 1.807) is 0 Å². The Morgan fingerprint density at radius 2 is 1.12 bits per heavy atom. The summed E-state index contributed by atoms with van der Waals surface area (Å²) in [5.74, 6) is 0. The van der Waals surface area contributed by atoms with Crippen LogP contribution in [-0.2, 0) is 21.9 Å². The second kappa shape index (κ2) is 21.7. The zero-order chi connectivity index (χ0) is 31.5. The predicted octanol–water partition coefficient (Wildman–Crippen LogP) is 10.0. The average molecular weight is 634 g/mol. The molecule has 0 heterocycles. The maximum absolute atomic E-state index is 10.1. The molecule has 43 heavy (non-hydrogen) atoms. The lowest BCUT2D eigenvalue weighted by Gasteiger charge is -2.40. The van der Waals surface area contributed by atoms with Crippen LogP contribution in [0.4, 0.5) is 0 Å². The van der Waals surface area contributed by atoms with Gasteiger partial charge in [-0.05, 0) is 61.8 Å². The van der Waals surface area contributed by atoms with E-state index in [4.69, 9.17) is 9.05 Å². The van der Waals surface area contributed by atoms with Crippen molar-refractivity contribution in [2.24, 2.45) is 5.41 Å². The molecule has 0 aliphatic carbocycles. The molecule has 0 amide bonds. The van der Waals surface area contributed by atoms with Gasteiger partial charge in [-0.1, -0.05) is 139 Å². The van der Waals surface area contributed by atoms with E-state index in [1.807, 2.05) is 48.5 Å². The first-order valence-electron chi connectivity index (χ1n) is 16.2. The zero-order valence-corrected chi connectivity index (χ0v) is 28.2. The van der Waals surface area contributed by atoms with Crippen LogP contribution in [0.15, 0.2) is 48.5 Å². The summed E-state index contributed by atoms with van der Waals surface area (Å²) in [4.78, 5) is 40.2. The van der Waals surface area contributed by atoms with Crippen molar-refractivity contribution in [1.29, 1.82) is 0 Å². The maximum atomic E-state index is 10.1. The van der Waals surface area contributed by atoms with Gasteiger partial charge in [0.2, 0.25) is 0 Å². The van der Waals surface area contributed by atoms with Crippen molar-refractivity contribution in [3.63, 3.8) is 0 Å². The molecule has 0 aromatic heterocycles. The molecule has 0 saturated carbocycles. The Morgan fingerprint density at radius 1 is 0.651 bits per heavy atom. The monoisotopic (exact) mass is 633 g/mol. The van der Waals surface area contributed by atoms with E-state index < -0.39 is 28.7 Å². The smallest absolute Gasteiger partial charge is 0.328 e. The van der Waals surface area contributed by atoms with Crippen molar-refractivity contribution in [2.75, 3.05) is 0 Å². The lowest BCUT2D eigenvalue weighted by molar-refractivity contribution is 0.0656. The molecule has 8 heteroatoms. The molecule has 0 bridgehead atoms. The van der Waals surface area contributed by atoms with Crippen LogP contribution < -0.4 is 0 Å². The Hall–Kier alpha value is -0.940. The van der Waals surface area contributed by atoms with Crippen LogP contribution in [-0.4, -0.2) is 19.6 Å². The van der Waals surface area contributed by atoms with Crippen LogP contribution in [0, 0.1) is 25.4 Å². The van der Waals surface area contributed by atoms with Gasteiger partial charge in [-0.2, -0.15) is 0 Å². The highest BCUT2D eigenvalue weighted by Gasteiger charge is 2.46. The minimum Gasteiger partial charge on any atom is -0.328 e. The van der Waals surface area contributed by atoms with Crippen LogP contribution in [0.2, 0.25) is 0 Å². The van der Waals surface area contributed by atoms with Gasteiger partial charge in [-0.15, -0.1) is 0 Å². The highest BCUT2D eigenvalue weighted by atomic mass is 31.2. The molecule has 2 aromatic rings. The normalized spacial score (nSPS) is 13.0. The number of rotatable bonds is 24. The summed E-state index contributed by atoms with van der Waals surface area (Å²) in [6, 6.07) is 15.5. The molecule has 0 aliphatic rings. The zero-order valence-electron chi connectivity index (χ0n) is 26.4. The van der Waals surface area contributed by atoms with Gasteiger partial charge >= 0.3 is 17.2 Å². The molecular weight excluding hydrogens is 578 g/mol. The Bertz CT molecular complexity index is 922. The topological polar surface area (TPSA) is 99.4 Å². The molecule has 1 unspecified atom stereocenters. The Balaban J connectivity index is 2.32. The summed E-state index contributed by atoms with van der Waals surface area (Å²) in [5, 5.41) is 0. The van der Waals surface area contributed by atoms with Gasteiger partial charge in [0.05, 0.1) is 0 Å². The van der Waals surface area contributed by atoms with Crippen LogP contribution in [0.3, 0.4) is 0 Å². The third kappa shape index (κ3) is 13.9. The van der Waals surface area contributed by atoms with Gasteiger partial charge in [-0.25, -0.2) is 0 Å². The number of benzene rings is 2. The molecule has 4 N–H and O–H groups in total. The first-order chi connectivity index (χ1) is 20.7. The number of hydrogen-bond donors (Lipinski definition) is 4. The molecule has 241 valence electrons. The highest BCUT2D eigenvalue weighted by molar-refractivity contribution is 7.39. The van der Waals surface area contributed by atoms with E-state index in [9.17, 15) is 19.6 Å². The summed E-state index contributed by atoms with van der Waals surface area (Å²) in [5.41, 5.74) is 1.95. The second-order valence-electron chi connectivity index (χ2n) is 11.7. The first kappa shape index (κ1) is 38.2. The van der Waals surface area contributed by atoms with E-state index in [-0.39, 0.29) is 6.10 Å². The minimum atomic E-state index is -2.80. The SMILES string of the molecule is [CH2]C([CH2])([C](OP(O)O)c1ccccc1CCCCCCCCC)C(OP(O)O)c1ccccc1CCCCCCCCC. The summed E-state index contributed by atoms with van der Waals surface area (Å²) in [7, 11) is -5.57. The molecule has 0 aliphatic heterocycles. The van der Waals surface area contributed by atoms with Crippen LogP contribution in [0.5, 0.6) is 0 Å². The number of hydrogen-bond acceptors (Lipinski definition) is 6. The van der Waals surface area contributed by atoms with E-state index >= 15 is 0 Å². The fourth-order valence-electron chi connectivity index (χ4n) is 5.68. The Labute approximate surface area is 264 Å². The third-order valence-electron chi connectivity index (χ3n) is 8.03. The van der Waals surface area contributed by atoms with Crippen molar-refractivity contribution in [1.82, 2.24) is 0 Å². The Kier molecular flexibility index (Phi) is 19.3. The molecule has 6 nitrogen and oxygen atoms in total. The summed E-state index contributed by atoms with van der Waals surface area (Å²) < 4.78 is 11.5. The largest absolute Gasteiger partial charge is 0.328 e. The third-order valence-corrected chi connectivity index (χ3v) is 8.77. The minimum absolute atomic E-state index is 0.162. The lowest BCUT2D eigenvalue weighted by Crippen LogP contribution is -2.34. The molecular formula is C35H55O6P2. The molecule has 2 aromatic carbocycles. The molecule has 0 saturated heterocycles. The van der Waals surface area contributed by atoms with Crippen molar-refractivity contribution >= 4 is 17.2 Å². The van der Waals surface area contributed by atoms with Crippen LogP contribution >= 0.6 is 17.2 Å². The van der Waals surface area contributed by atoms with E-state index in [0.717, 1.165) is 55.2 Å². The quantitative estimate of drug-likeness (QED) is 0.0678. The Morgan fingerprint density at radius 3 is 1.65 bits per heavy atom. The lowest BCUT2D eigenvalue weighted by atomic mass is 9.73. The fourth-order valence-corrected chi connectivity index (χ4v) is 6.63. The van der Waals surface area contributed by atoms with Crippen molar-refractivity contribution < 1.29 is 28.6 Å². The molecule has 1 atom stereocenters. The average Bonchev–Trinajstić information content (AvgIpc) is 2.98. The van der Waals surface area contributed by atoms with Crippen molar-refractivity contribution in [3.8, 4) is 0 Å². The van der Waals surface area contributed by atoms with Gasteiger partial charge in [-0.3, -0.25) is 4.52 Å². The van der Waals surface area contributed by atoms with Crippen LogP contribution in [0.1, 0.15) is 132 Å². The first-order valence-corrected chi connectivity index (χ1v) is 18.5. The number of aryl methyl sites for hydroxylation is 2. The van der Waals surface area contributed by atoms with Gasteiger partial charge < -0.3 is 24.1 Å². The van der Waals surface area contributed by atoms with Gasteiger partial charge in [0, 0.05) is 5.41 Å². The van der Waals surface area contributed by atoms with Crippen molar-refractivity contribution in [2.45, 2.75) is 123 Å². The van der Waals surface area contributed by atoms with Gasteiger partial charge in [0.25, 0.3) is 0 Å². The number of unbranched alkanes of at least 4 members (excludes halogenated alkanes) is 12. The van der Waals surface area contributed by atoms with E-state index in [0.29, 0.717) is 5.56 Å². The van der Waals surface area contributed by atoms with E-state index in [1.165, 1.54) is 64.2 Å². The summed E-state index contributed by atoms with van der Waals surface area (Å²) in [6.07, 6.45) is 17.3. The highest BCUT2D eigenvalue weighted by Crippen LogP contribution is 2.54. The fraction of sp³-hybridized carbons (Fsp3) is 0.571. The van der Waals surface area contributed by atoms with E-state index in [2.05, 4.69) is 27.7 Å². The second-order valence-corrected chi connectivity index (χ2v) is 13.1. The molecule has 0 fully saturated rings. The molecule has 0 spiro atoms. The standard InChI is InChI=1S/C35H55O6P2/c1-5-7-9-11-13-15-17-23-29-25-19-21-27-31(29)33(40-42(36)37)35(3,4)34(41-43(38)39)32-28-22-20-26-30(32)24-18-16-14-12-10-8-6-2/h19-22,25-28,33,36-39H,3-18,23-24H2,1-2H3. The summed E-state index contributed by atoms with van der Waals surface area (Å²) >= 11 is 0. The molecule has 3 radical (unpaired) electrons. The van der Waals surface area contributed by atoms with Gasteiger partial charge in [0.1, 0.15) is 12.2 Å². The van der Waals surface area contributed by atoms with Crippen LogP contribution in [0.25, 0.3) is 0 Å². The predicted molar refractivity (Wildman–Crippen MR) is 179 cm³/mol. The van der Waals surface area contributed by atoms with Crippen molar-refractivity contribution in [3.05, 3.63) is 90.7 Å².